The van der Waals surface area contributed by atoms with Crippen molar-refractivity contribution in [3.8, 4) is 0 Å². The Bertz CT molecular complexity index is 403. The first-order valence-electron chi connectivity index (χ1n) is 5.06. The fraction of sp³-hybridized carbons (Fsp3) is 0.250. The Morgan fingerprint density at radius 1 is 1.47 bits per heavy atom. The van der Waals surface area contributed by atoms with Gasteiger partial charge >= 0.3 is 0 Å². The second kappa shape index (κ2) is 7.19. The Hall–Kier alpha value is -1.20. The number of rotatable bonds is 6. The summed E-state index contributed by atoms with van der Waals surface area (Å²) < 4.78 is 1.50. The molecule has 0 radical (unpaired) electrons. The molecule has 0 fully saturated rings. The molecule has 0 heterocycles. The highest BCUT2D eigenvalue weighted by Gasteiger charge is 2.17. The second-order valence-electron chi connectivity index (χ2n) is 3.40. The molecule has 0 aliphatic heterocycles. The predicted octanol–water partition coefficient (Wildman–Crippen LogP) is 1.85. The van der Waals surface area contributed by atoms with E-state index in [1.54, 1.807) is 19.2 Å². The van der Waals surface area contributed by atoms with Crippen LogP contribution in [0.3, 0.4) is 0 Å². The van der Waals surface area contributed by atoms with Crippen LogP contribution in [0.5, 0.6) is 0 Å². The van der Waals surface area contributed by atoms with Crippen molar-refractivity contribution in [1.29, 1.82) is 0 Å². The number of hydrogen-bond donors (Lipinski definition) is 1. The number of thioether (sulfide) groups is 1. The molecule has 0 aliphatic rings. The molecule has 1 aromatic rings. The lowest BCUT2D eigenvalue weighted by Gasteiger charge is -2.12. The van der Waals surface area contributed by atoms with Gasteiger partial charge in [-0.2, -0.15) is 0 Å². The van der Waals surface area contributed by atoms with E-state index < -0.39 is 0 Å². The average molecular weight is 267 g/mol. The molecule has 0 saturated carbocycles. The van der Waals surface area contributed by atoms with Gasteiger partial charge in [-0.3, -0.25) is 9.59 Å². The first kappa shape index (κ1) is 13.9. The van der Waals surface area contributed by atoms with Crippen molar-refractivity contribution in [3.63, 3.8) is 0 Å². The van der Waals surface area contributed by atoms with Crippen LogP contribution in [-0.4, -0.2) is 29.2 Å². The highest BCUT2D eigenvalue weighted by molar-refractivity contribution is 8.21. The Morgan fingerprint density at radius 3 is 2.59 bits per heavy atom. The zero-order valence-corrected chi connectivity index (χ0v) is 11.0. The van der Waals surface area contributed by atoms with Crippen molar-refractivity contribution in [1.82, 2.24) is 5.32 Å². The molecule has 1 unspecified atom stereocenters. The standard InChI is InChI=1S/C12H13NO2S2/c1-13-12(15)11(17-8-16)6-9-2-4-10(7-14)5-3-9/h2-5,7-8,11H,6H2,1H3,(H,13,15). The van der Waals surface area contributed by atoms with Crippen LogP contribution in [0.15, 0.2) is 24.3 Å². The van der Waals surface area contributed by atoms with Crippen molar-refractivity contribution in [2.45, 2.75) is 11.7 Å². The zero-order chi connectivity index (χ0) is 12.7. The van der Waals surface area contributed by atoms with Gasteiger partial charge < -0.3 is 5.32 Å². The number of benzene rings is 1. The maximum Gasteiger partial charge on any atom is 0.233 e. The fourth-order valence-electron chi connectivity index (χ4n) is 1.38. The second-order valence-corrected chi connectivity index (χ2v) is 5.01. The average Bonchev–Trinajstić information content (AvgIpc) is 2.38. The van der Waals surface area contributed by atoms with E-state index in [1.807, 2.05) is 12.1 Å². The van der Waals surface area contributed by atoms with Gasteiger partial charge in [0.25, 0.3) is 0 Å². The van der Waals surface area contributed by atoms with Crippen LogP contribution in [0, 0.1) is 0 Å². The summed E-state index contributed by atoms with van der Waals surface area (Å²) in [6.45, 7) is 0. The van der Waals surface area contributed by atoms with Crippen LogP contribution < -0.4 is 5.32 Å². The molecule has 0 spiro atoms. The summed E-state index contributed by atoms with van der Waals surface area (Å²) in [7, 11) is 1.61. The summed E-state index contributed by atoms with van der Waals surface area (Å²) in [4.78, 5) is 22.1. The molecular weight excluding hydrogens is 254 g/mol. The van der Waals surface area contributed by atoms with Crippen LogP contribution in [0.1, 0.15) is 15.9 Å². The summed E-state index contributed by atoms with van der Waals surface area (Å²) in [5.74, 6) is -0.0458. The maximum absolute atomic E-state index is 11.6. The SMILES string of the molecule is CNC(=O)C(Cc1ccc(C=O)cc1)SC=S. The van der Waals surface area contributed by atoms with E-state index in [9.17, 15) is 9.59 Å². The molecule has 0 aliphatic carbocycles. The van der Waals surface area contributed by atoms with Crippen molar-refractivity contribution < 1.29 is 9.59 Å². The summed E-state index contributed by atoms with van der Waals surface area (Å²) in [6.07, 6.45) is 1.39. The molecule has 0 bridgehead atoms. The van der Waals surface area contributed by atoms with Crippen LogP contribution in [0.2, 0.25) is 0 Å². The Morgan fingerprint density at radius 2 is 2.12 bits per heavy atom. The first-order chi connectivity index (χ1) is 8.21. The van der Waals surface area contributed by atoms with Crippen LogP contribution in [-0.2, 0) is 11.2 Å². The molecule has 90 valence electrons. The number of aldehydes is 1. The predicted molar refractivity (Wildman–Crippen MR) is 74.6 cm³/mol. The molecule has 1 N–H and O–H groups in total. The Balaban J connectivity index is 2.74. The third kappa shape index (κ3) is 4.28. The molecule has 1 rings (SSSR count). The highest BCUT2D eigenvalue weighted by Crippen LogP contribution is 2.15. The molecule has 5 heteroatoms. The van der Waals surface area contributed by atoms with E-state index in [2.05, 4.69) is 5.32 Å². The maximum atomic E-state index is 11.6. The van der Waals surface area contributed by atoms with Crippen LogP contribution in [0.25, 0.3) is 0 Å². The fourth-order valence-corrected chi connectivity index (χ4v) is 2.44. The molecule has 1 atom stereocenters. The minimum atomic E-state index is -0.223. The Kier molecular flexibility index (Phi) is 5.86. The van der Waals surface area contributed by atoms with Gasteiger partial charge in [0.1, 0.15) is 6.29 Å². The topological polar surface area (TPSA) is 46.2 Å². The van der Waals surface area contributed by atoms with Gasteiger partial charge in [-0.1, -0.05) is 36.5 Å². The summed E-state index contributed by atoms with van der Waals surface area (Å²) in [5.41, 5.74) is 1.64. The van der Waals surface area contributed by atoms with E-state index in [-0.39, 0.29) is 11.2 Å². The third-order valence-corrected chi connectivity index (χ3v) is 3.45. The molecule has 0 aromatic heterocycles. The van der Waals surface area contributed by atoms with Crippen LogP contribution >= 0.6 is 24.0 Å². The largest absolute Gasteiger partial charge is 0.358 e. The molecule has 1 aromatic carbocycles. The third-order valence-electron chi connectivity index (χ3n) is 2.30. The van der Waals surface area contributed by atoms with E-state index in [4.69, 9.17) is 12.2 Å². The van der Waals surface area contributed by atoms with Gasteiger partial charge in [-0.05, 0) is 12.0 Å². The normalized spacial score (nSPS) is 11.6. The number of carbonyl (C=O) groups is 2. The van der Waals surface area contributed by atoms with E-state index >= 15 is 0 Å². The molecule has 0 saturated heterocycles. The summed E-state index contributed by atoms with van der Waals surface area (Å²) >= 11 is 6.08. The van der Waals surface area contributed by atoms with Gasteiger partial charge in [0.05, 0.1) is 5.25 Å². The lowest BCUT2D eigenvalue weighted by molar-refractivity contribution is -0.120. The van der Waals surface area contributed by atoms with Gasteiger partial charge in [0, 0.05) is 17.3 Å². The van der Waals surface area contributed by atoms with Gasteiger partial charge in [-0.25, -0.2) is 0 Å². The van der Waals surface area contributed by atoms with Crippen molar-refractivity contribution >= 4 is 40.9 Å². The molecule has 17 heavy (non-hydrogen) atoms. The van der Waals surface area contributed by atoms with Crippen molar-refractivity contribution in [3.05, 3.63) is 35.4 Å². The number of hydrogen-bond acceptors (Lipinski definition) is 4. The highest BCUT2D eigenvalue weighted by atomic mass is 32.2. The number of amides is 1. The number of nitrogens with one attached hydrogen (secondary N) is 1. The van der Waals surface area contributed by atoms with E-state index in [0.29, 0.717) is 12.0 Å². The molecule has 1 amide bonds. The summed E-state index contributed by atoms with van der Waals surface area (Å²) in [5, 5.41) is 2.39. The van der Waals surface area contributed by atoms with E-state index in [0.717, 1.165) is 11.8 Å². The van der Waals surface area contributed by atoms with Gasteiger partial charge in [-0.15, -0.1) is 11.8 Å². The van der Waals surface area contributed by atoms with Crippen molar-refractivity contribution in [2.75, 3.05) is 7.05 Å². The first-order valence-corrected chi connectivity index (χ1v) is 6.47. The smallest absolute Gasteiger partial charge is 0.233 e. The summed E-state index contributed by atoms with van der Waals surface area (Å²) in [6, 6.07) is 7.18. The zero-order valence-electron chi connectivity index (χ0n) is 9.38. The van der Waals surface area contributed by atoms with Gasteiger partial charge in [0.2, 0.25) is 5.91 Å². The quantitative estimate of drug-likeness (QED) is 0.631. The number of carbonyl (C=O) groups excluding carboxylic acids is 2. The van der Waals surface area contributed by atoms with Gasteiger partial charge in [0.15, 0.2) is 0 Å². The Labute approximate surface area is 110 Å². The lowest BCUT2D eigenvalue weighted by atomic mass is 10.1. The van der Waals surface area contributed by atoms with Crippen molar-refractivity contribution in [2.24, 2.45) is 0 Å². The molecule has 3 nitrogen and oxygen atoms in total. The van der Waals surface area contributed by atoms with Crippen LogP contribution in [0.4, 0.5) is 0 Å². The monoisotopic (exact) mass is 267 g/mol. The minimum absolute atomic E-state index is 0.0458. The van der Waals surface area contributed by atoms with E-state index in [1.165, 1.54) is 16.5 Å². The minimum Gasteiger partial charge on any atom is -0.358 e. The lowest BCUT2D eigenvalue weighted by Crippen LogP contribution is -2.31. The number of thiocarbonyl (C=S) groups is 1. The molecular formula is C12H13NO2S2.